The van der Waals surface area contributed by atoms with Gasteiger partial charge < -0.3 is 9.32 Å². The lowest BCUT2D eigenvalue weighted by Crippen LogP contribution is -2.42. The van der Waals surface area contributed by atoms with Crippen LogP contribution in [0, 0.1) is 5.41 Å². The predicted molar refractivity (Wildman–Crippen MR) is 124 cm³/mol. The largest absolute Gasteiger partial charge is 0.423 e. The van der Waals surface area contributed by atoms with E-state index >= 15 is 0 Å². The normalized spacial score (nSPS) is 21.5. The van der Waals surface area contributed by atoms with Crippen LogP contribution in [0.5, 0.6) is 0 Å². The second kappa shape index (κ2) is 9.49. The van der Waals surface area contributed by atoms with E-state index in [-0.39, 0.29) is 23.3 Å². The van der Waals surface area contributed by atoms with Gasteiger partial charge in [0.2, 0.25) is 17.7 Å². The molecular formula is C24H34ClN5O2. The Kier molecular flexibility index (Phi) is 6.89. The van der Waals surface area contributed by atoms with Gasteiger partial charge in [-0.25, -0.2) is 0 Å². The molecule has 1 spiro atoms. The number of hydrogen-bond donors (Lipinski definition) is 0. The number of piperidine rings is 1. The smallest absolute Gasteiger partial charge is 0.236 e. The van der Waals surface area contributed by atoms with Gasteiger partial charge in [0.25, 0.3) is 0 Å². The number of carbonyl (C=O) groups is 1. The van der Waals surface area contributed by atoms with Gasteiger partial charge >= 0.3 is 0 Å². The van der Waals surface area contributed by atoms with Gasteiger partial charge in [0, 0.05) is 38.1 Å². The molecule has 32 heavy (non-hydrogen) atoms. The number of aromatic nitrogens is 2. The molecule has 2 fully saturated rings. The molecule has 1 aromatic carbocycles. The minimum atomic E-state index is 0.00159. The maximum atomic E-state index is 12.5. The number of hydrogen-bond acceptors (Lipinski definition) is 6. The topological polar surface area (TPSA) is 65.7 Å². The van der Waals surface area contributed by atoms with Crippen molar-refractivity contribution in [1.82, 2.24) is 24.9 Å². The van der Waals surface area contributed by atoms with Crippen molar-refractivity contribution in [2.24, 2.45) is 5.41 Å². The van der Waals surface area contributed by atoms with Crippen molar-refractivity contribution < 1.29 is 9.21 Å². The molecule has 0 N–H and O–H groups in total. The molecular weight excluding hydrogens is 426 g/mol. The minimum Gasteiger partial charge on any atom is -0.423 e. The summed E-state index contributed by atoms with van der Waals surface area (Å²) in [6, 6.07) is 8.13. The zero-order chi connectivity index (χ0) is 22.9. The van der Waals surface area contributed by atoms with E-state index < -0.39 is 0 Å². The molecule has 2 saturated heterocycles. The molecule has 7 nitrogen and oxygen atoms in total. The molecule has 1 aromatic heterocycles. The summed E-state index contributed by atoms with van der Waals surface area (Å²) >= 11 is 6.03. The van der Waals surface area contributed by atoms with E-state index in [0.717, 1.165) is 50.5 Å². The highest BCUT2D eigenvalue weighted by Gasteiger charge is 2.48. The number of likely N-dealkylation sites (tertiary alicyclic amines) is 2. The Morgan fingerprint density at radius 3 is 2.50 bits per heavy atom. The number of carbonyl (C=O) groups excluding carboxylic acids is 1. The van der Waals surface area contributed by atoms with E-state index in [9.17, 15) is 4.79 Å². The lowest BCUT2D eigenvalue weighted by molar-refractivity contribution is -0.130. The average Bonchev–Trinajstić information content (AvgIpc) is 3.37. The highest BCUT2D eigenvalue weighted by atomic mass is 35.5. The van der Waals surface area contributed by atoms with Gasteiger partial charge in [-0.05, 0) is 55.5 Å². The first kappa shape index (κ1) is 23.2. The molecule has 8 heteroatoms. The summed E-state index contributed by atoms with van der Waals surface area (Å²) in [5.74, 6) is 1.62. The van der Waals surface area contributed by atoms with Crippen LogP contribution in [0.4, 0.5) is 0 Å². The highest BCUT2D eigenvalue weighted by molar-refractivity contribution is 6.30. The van der Waals surface area contributed by atoms with Crippen LogP contribution in [0.3, 0.4) is 0 Å². The molecule has 1 unspecified atom stereocenters. The Labute approximate surface area is 195 Å². The first-order chi connectivity index (χ1) is 15.2. The van der Waals surface area contributed by atoms with Crippen molar-refractivity contribution in [1.29, 1.82) is 0 Å². The molecule has 2 aliphatic rings. The van der Waals surface area contributed by atoms with Crippen molar-refractivity contribution in [3.05, 3.63) is 46.6 Å². The van der Waals surface area contributed by atoms with Gasteiger partial charge in [0.05, 0.1) is 12.6 Å². The van der Waals surface area contributed by atoms with Gasteiger partial charge in [0.1, 0.15) is 0 Å². The third-order valence-electron chi connectivity index (χ3n) is 6.91. The van der Waals surface area contributed by atoms with Crippen LogP contribution >= 0.6 is 11.6 Å². The van der Waals surface area contributed by atoms with Crippen LogP contribution in [-0.2, 0) is 11.3 Å². The monoisotopic (exact) mass is 459 g/mol. The third-order valence-corrected chi connectivity index (χ3v) is 7.17. The van der Waals surface area contributed by atoms with Crippen LogP contribution in [0.15, 0.2) is 28.7 Å². The quantitative estimate of drug-likeness (QED) is 0.651. The summed E-state index contributed by atoms with van der Waals surface area (Å²) in [5, 5.41) is 9.40. The molecule has 4 rings (SSSR count). The van der Waals surface area contributed by atoms with Crippen molar-refractivity contribution in [2.75, 3.05) is 40.3 Å². The minimum absolute atomic E-state index is 0.00159. The number of amides is 1. The van der Waals surface area contributed by atoms with Gasteiger partial charge in [0.15, 0.2) is 0 Å². The van der Waals surface area contributed by atoms with Crippen molar-refractivity contribution in [3.63, 3.8) is 0 Å². The molecule has 174 valence electrons. The molecule has 2 aliphatic heterocycles. The second-order valence-corrected chi connectivity index (χ2v) is 10.4. The van der Waals surface area contributed by atoms with Crippen molar-refractivity contribution in [3.8, 4) is 0 Å². The zero-order valence-electron chi connectivity index (χ0n) is 19.6. The summed E-state index contributed by atoms with van der Waals surface area (Å²) in [7, 11) is 3.62. The molecule has 0 radical (unpaired) electrons. The van der Waals surface area contributed by atoms with Crippen molar-refractivity contribution in [2.45, 2.75) is 51.6 Å². The summed E-state index contributed by atoms with van der Waals surface area (Å²) in [6.45, 7) is 8.42. The number of benzene rings is 1. The summed E-state index contributed by atoms with van der Waals surface area (Å²) in [6.07, 6.45) is 3.17. The molecule has 1 amide bonds. The lowest BCUT2D eigenvalue weighted by atomic mass is 9.76. The molecule has 1 atom stereocenters. The van der Waals surface area contributed by atoms with Crippen molar-refractivity contribution >= 4 is 17.5 Å². The first-order valence-electron chi connectivity index (χ1n) is 11.5. The SMILES string of the molecule is CC(C)c1nnc(C2CC3(CCN(Cc4ccc(Cl)cc4)CC3)CN2CC(=O)N(C)C)o1. The van der Waals surface area contributed by atoms with Crippen LogP contribution in [0.2, 0.25) is 5.02 Å². The molecule has 0 saturated carbocycles. The summed E-state index contributed by atoms with van der Waals surface area (Å²) < 4.78 is 6.04. The fraction of sp³-hybridized carbons (Fsp3) is 0.625. The van der Waals surface area contributed by atoms with E-state index in [1.54, 1.807) is 4.90 Å². The van der Waals surface area contributed by atoms with Gasteiger partial charge in [-0.1, -0.05) is 37.6 Å². The molecule has 0 bridgehead atoms. The standard InChI is InChI=1S/C24H34ClN5O2/c1-17(2)22-26-27-23(32-22)20-13-24(16-30(20)15-21(31)28(3)4)9-11-29(12-10-24)14-18-5-7-19(25)8-6-18/h5-8,17,20H,9-16H2,1-4H3. The van der Waals surface area contributed by atoms with Crippen LogP contribution in [-0.4, -0.2) is 71.1 Å². The van der Waals surface area contributed by atoms with E-state index in [1.165, 1.54) is 5.56 Å². The Morgan fingerprint density at radius 1 is 1.22 bits per heavy atom. The molecule has 3 heterocycles. The fourth-order valence-corrected chi connectivity index (χ4v) is 5.01. The Hall–Kier alpha value is -1.96. The van der Waals surface area contributed by atoms with Crippen LogP contribution in [0.25, 0.3) is 0 Å². The van der Waals surface area contributed by atoms with Crippen LogP contribution in [0.1, 0.15) is 62.4 Å². The van der Waals surface area contributed by atoms with E-state index in [0.29, 0.717) is 18.3 Å². The van der Waals surface area contributed by atoms with Crippen LogP contribution < -0.4 is 0 Å². The van der Waals surface area contributed by atoms with E-state index in [4.69, 9.17) is 16.0 Å². The lowest BCUT2D eigenvalue weighted by Gasteiger charge is -2.39. The van der Waals surface area contributed by atoms with Gasteiger partial charge in [-0.3, -0.25) is 14.6 Å². The van der Waals surface area contributed by atoms with E-state index in [2.05, 4.69) is 46.0 Å². The Balaban J connectivity index is 1.45. The first-order valence-corrected chi connectivity index (χ1v) is 11.9. The average molecular weight is 460 g/mol. The number of rotatable bonds is 6. The van der Waals surface area contributed by atoms with E-state index in [1.807, 2.05) is 26.2 Å². The molecule has 2 aromatic rings. The molecule has 0 aliphatic carbocycles. The summed E-state index contributed by atoms with van der Waals surface area (Å²) in [4.78, 5) is 19.0. The Bertz CT molecular complexity index is 919. The summed E-state index contributed by atoms with van der Waals surface area (Å²) in [5.41, 5.74) is 1.47. The third kappa shape index (κ3) is 5.16. The fourth-order valence-electron chi connectivity index (χ4n) is 4.88. The number of halogens is 1. The van der Waals surface area contributed by atoms with Gasteiger partial charge in [-0.2, -0.15) is 0 Å². The Morgan fingerprint density at radius 2 is 1.91 bits per heavy atom. The zero-order valence-corrected chi connectivity index (χ0v) is 20.3. The van der Waals surface area contributed by atoms with Gasteiger partial charge in [-0.15, -0.1) is 10.2 Å². The highest BCUT2D eigenvalue weighted by Crippen LogP contribution is 2.49. The maximum absolute atomic E-state index is 12.5. The number of likely N-dealkylation sites (N-methyl/N-ethyl adjacent to an activating group) is 1. The second-order valence-electron chi connectivity index (χ2n) is 9.95. The maximum Gasteiger partial charge on any atom is 0.236 e. The predicted octanol–water partition coefficient (Wildman–Crippen LogP) is 3.96. The number of nitrogens with zero attached hydrogens (tertiary/aromatic N) is 5.